The molecule has 0 atom stereocenters. The number of ketones is 3. The number of rotatable bonds is 6. The minimum Gasteiger partial charge on any atom is -0.298 e. The summed E-state index contributed by atoms with van der Waals surface area (Å²) in [7, 11) is 0. The maximum Gasteiger partial charge on any atom is 0.297 e. The molecule has 0 aliphatic carbocycles. The van der Waals surface area contributed by atoms with Gasteiger partial charge in [-0.25, -0.2) is 8.78 Å². The van der Waals surface area contributed by atoms with Crippen molar-refractivity contribution in [2.45, 2.75) is 33.1 Å². The molecule has 0 saturated carbocycles. The summed E-state index contributed by atoms with van der Waals surface area (Å²) in [5, 5.41) is 0. The monoisotopic (exact) mass is 206 g/mol. The molecule has 0 heterocycles. The molecule has 14 heavy (non-hydrogen) atoms. The van der Waals surface area contributed by atoms with Crippen molar-refractivity contribution in [1.82, 2.24) is 0 Å². The fraction of sp³-hybridized carbons (Fsp3) is 0.667. The minimum atomic E-state index is -3.26. The molecule has 0 spiro atoms. The molecule has 0 aromatic heterocycles. The fourth-order valence-electron chi connectivity index (χ4n) is 1.03. The zero-order valence-corrected chi connectivity index (χ0v) is 8.05. The van der Waals surface area contributed by atoms with E-state index in [9.17, 15) is 23.2 Å². The van der Waals surface area contributed by atoms with Gasteiger partial charge in [0.25, 0.3) is 6.43 Å². The van der Waals surface area contributed by atoms with Gasteiger partial charge in [0, 0.05) is 12.8 Å². The van der Waals surface area contributed by atoms with Gasteiger partial charge in [0.1, 0.15) is 5.92 Å². The number of hydrogen-bond donors (Lipinski definition) is 0. The predicted molar refractivity (Wildman–Crippen MR) is 45.1 cm³/mol. The van der Waals surface area contributed by atoms with E-state index in [-0.39, 0.29) is 12.8 Å². The van der Waals surface area contributed by atoms with E-state index in [1.165, 1.54) is 13.8 Å². The Bertz CT molecular complexity index is 232. The number of hydrogen-bond acceptors (Lipinski definition) is 3. The molecule has 0 amide bonds. The molecule has 0 bridgehead atoms. The lowest BCUT2D eigenvalue weighted by atomic mass is 9.91. The third kappa shape index (κ3) is 2.97. The number of Topliss-reactive ketones (excluding diaryl/α,β-unsaturated/α-hetero) is 3. The van der Waals surface area contributed by atoms with E-state index >= 15 is 0 Å². The van der Waals surface area contributed by atoms with Crippen LogP contribution in [0.15, 0.2) is 0 Å². The van der Waals surface area contributed by atoms with Crippen LogP contribution >= 0.6 is 0 Å². The highest BCUT2D eigenvalue weighted by atomic mass is 19.3. The quantitative estimate of drug-likeness (QED) is 0.617. The van der Waals surface area contributed by atoms with E-state index in [0.29, 0.717) is 0 Å². The molecule has 0 saturated heterocycles. The lowest BCUT2D eigenvalue weighted by molar-refractivity contribution is -0.145. The summed E-state index contributed by atoms with van der Waals surface area (Å²) in [5.41, 5.74) is 0. The topological polar surface area (TPSA) is 51.2 Å². The Hall–Kier alpha value is -1.13. The number of carbonyl (C=O) groups is 3. The van der Waals surface area contributed by atoms with E-state index in [2.05, 4.69) is 0 Å². The van der Waals surface area contributed by atoms with Gasteiger partial charge in [0.05, 0.1) is 0 Å². The SMILES string of the molecule is CCC(=O)C(C(=O)CC)C(=O)C(F)F. The largest absolute Gasteiger partial charge is 0.298 e. The summed E-state index contributed by atoms with van der Waals surface area (Å²) in [6.07, 6.45) is -3.44. The second-order valence-electron chi connectivity index (χ2n) is 2.78. The van der Waals surface area contributed by atoms with Crippen LogP contribution in [0.3, 0.4) is 0 Å². The molecule has 0 rings (SSSR count). The van der Waals surface area contributed by atoms with E-state index in [4.69, 9.17) is 0 Å². The van der Waals surface area contributed by atoms with Gasteiger partial charge in [0.2, 0.25) is 5.78 Å². The van der Waals surface area contributed by atoms with Crippen LogP contribution in [0.25, 0.3) is 0 Å². The van der Waals surface area contributed by atoms with Gasteiger partial charge < -0.3 is 0 Å². The predicted octanol–water partition coefficient (Wildman–Crippen LogP) is 1.40. The molecular weight excluding hydrogens is 194 g/mol. The van der Waals surface area contributed by atoms with Crippen molar-refractivity contribution in [1.29, 1.82) is 0 Å². The van der Waals surface area contributed by atoms with Crippen molar-refractivity contribution in [3.05, 3.63) is 0 Å². The van der Waals surface area contributed by atoms with Crippen LogP contribution in [0.2, 0.25) is 0 Å². The fourth-order valence-corrected chi connectivity index (χ4v) is 1.03. The van der Waals surface area contributed by atoms with Crippen molar-refractivity contribution < 1.29 is 23.2 Å². The van der Waals surface area contributed by atoms with Crippen LogP contribution in [0.4, 0.5) is 8.78 Å². The highest BCUT2D eigenvalue weighted by molar-refractivity contribution is 6.19. The average molecular weight is 206 g/mol. The van der Waals surface area contributed by atoms with Crippen molar-refractivity contribution >= 4 is 17.3 Å². The Labute approximate surface area is 80.5 Å². The Morgan fingerprint density at radius 1 is 1.00 bits per heavy atom. The molecule has 0 aliphatic rings. The summed E-state index contributed by atoms with van der Waals surface area (Å²) >= 11 is 0. The first-order chi connectivity index (χ1) is 6.45. The van der Waals surface area contributed by atoms with Crippen LogP contribution in [-0.2, 0) is 14.4 Å². The normalized spacial score (nSPS) is 10.7. The number of halogens is 2. The van der Waals surface area contributed by atoms with Crippen LogP contribution < -0.4 is 0 Å². The molecular formula is C9H12F2O3. The number of carbonyl (C=O) groups excluding carboxylic acids is 3. The minimum absolute atomic E-state index is 0.0884. The molecule has 80 valence electrons. The van der Waals surface area contributed by atoms with Gasteiger partial charge in [-0.1, -0.05) is 13.8 Å². The third-order valence-electron chi connectivity index (χ3n) is 1.84. The summed E-state index contributed by atoms with van der Waals surface area (Å²) in [6.45, 7) is 2.86. The summed E-state index contributed by atoms with van der Waals surface area (Å²) in [4.78, 5) is 33.0. The highest BCUT2D eigenvalue weighted by Gasteiger charge is 2.36. The third-order valence-corrected chi connectivity index (χ3v) is 1.84. The second-order valence-corrected chi connectivity index (χ2v) is 2.78. The maximum atomic E-state index is 12.0. The van der Waals surface area contributed by atoms with Crippen molar-refractivity contribution in [3.8, 4) is 0 Å². The Morgan fingerprint density at radius 3 is 1.57 bits per heavy atom. The molecule has 0 unspecified atom stereocenters. The molecule has 0 aromatic carbocycles. The Kier molecular flexibility index (Phi) is 5.12. The zero-order valence-electron chi connectivity index (χ0n) is 8.05. The van der Waals surface area contributed by atoms with E-state index < -0.39 is 29.7 Å². The van der Waals surface area contributed by atoms with E-state index in [1.807, 2.05) is 0 Å². The second kappa shape index (κ2) is 5.57. The van der Waals surface area contributed by atoms with Crippen LogP contribution in [0.5, 0.6) is 0 Å². The van der Waals surface area contributed by atoms with Gasteiger partial charge in [0.15, 0.2) is 11.6 Å². The Morgan fingerprint density at radius 2 is 1.36 bits per heavy atom. The van der Waals surface area contributed by atoms with Crippen molar-refractivity contribution in [2.24, 2.45) is 5.92 Å². The highest BCUT2D eigenvalue weighted by Crippen LogP contribution is 2.12. The maximum absolute atomic E-state index is 12.0. The molecule has 0 radical (unpaired) electrons. The lowest BCUT2D eigenvalue weighted by Gasteiger charge is -2.10. The smallest absolute Gasteiger partial charge is 0.297 e. The molecule has 0 fully saturated rings. The first kappa shape index (κ1) is 12.9. The van der Waals surface area contributed by atoms with Gasteiger partial charge in [-0.05, 0) is 0 Å². The zero-order chi connectivity index (χ0) is 11.3. The molecule has 5 heteroatoms. The molecule has 0 N–H and O–H groups in total. The summed E-state index contributed by atoms with van der Waals surface area (Å²) < 4.78 is 24.0. The standard InChI is InChI=1S/C9H12F2O3/c1-3-5(12)7(6(13)4-2)8(14)9(10)11/h7,9H,3-4H2,1-2H3. The van der Waals surface area contributed by atoms with E-state index in [0.717, 1.165) is 0 Å². The average Bonchev–Trinajstić information content (AvgIpc) is 2.16. The van der Waals surface area contributed by atoms with Gasteiger partial charge in [-0.3, -0.25) is 14.4 Å². The molecule has 0 aromatic rings. The van der Waals surface area contributed by atoms with Crippen LogP contribution in [0.1, 0.15) is 26.7 Å². The summed E-state index contributed by atoms with van der Waals surface area (Å²) in [6, 6.07) is 0. The van der Waals surface area contributed by atoms with Crippen molar-refractivity contribution in [2.75, 3.05) is 0 Å². The molecule has 3 nitrogen and oxygen atoms in total. The van der Waals surface area contributed by atoms with Gasteiger partial charge in [-0.15, -0.1) is 0 Å². The van der Waals surface area contributed by atoms with E-state index in [1.54, 1.807) is 0 Å². The number of alkyl halides is 2. The Balaban J connectivity index is 4.81. The first-order valence-electron chi connectivity index (χ1n) is 4.32. The van der Waals surface area contributed by atoms with Crippen LogP contribution in [-0.4, -0.2) is 23.8 Å². The van der Waals surface area contributed by atoms with Gasteiger partial charge >= 0.3 is 0 Å². The first-order valence-corrected chi connectivity index (χ1v) is 4.32. The van der Waals surface area contributed by atoms with Crippen molar-refractivity contribution in [3.63, 3.8) is 0 Å². The van der Waals surface area contributed by atoms with Gasteiger partial charge in [-0.2, -0.15) is 0 Å². The molecule has 0 aliphatic heterocycles. The summed E-state index contributed by atoms with van der Waals surface area (Å²) in [5.74, 6) is -4.81. The van der Waals surface area contributed by atoms with Crippen LogP contribution in [0, 0.1) is 5.92 Å². The lowest BCUT2D eigenvalue weighted by Crippen LogP contribution is -2.35.